The number of allylic oxidation sites excluding steroid dienone is 1. The van der Waals surface area contributed by atoms with E-state index in [1.165, 1.54) is 6.08 Å². The number of fused-ring (bicyclic) bond motifs is 1. The third-order valence-corrected chi connectivity index (χ3v) is 3.16. The Balaban J connectivity index is 2.24. The van der Waals surface area contributed by atoms with Gasteiger partial charge in [-0.3, -0.25) is 9.59 Å². The van der Waals surface area contributed by atoms with Gasteiger partial charge in [0.25, 0.3) is 5.12 Å². The molecule has 2 nitrogen and oxygen atoms in total. The molecule has 2 aromatic carbocycles. The van der Waals surface area contributed by atoms with Crippen molar-refractivity contribution in [3.05, 3.63) is 54.1 Å². The Kier molecular flexibility index (Phi) is 3.95. The minimum atomic E-state index is -0.476. The lowest BCUT2D eigenvalue weighted by Gasteiger charge is -1.98. The van der Waals surface area contributed by atoms with Crippen molar-refractivity contribution in [2.24, 2.45) is 0 Å². The molecule has 0 amide bonds. The third-order valence-electron chi connectivity index (χ3n) is 2.59. The van der Waals surface area contributed by atoms with Crippen LogP contribution in [0.1, 0.15) is 5.56 Å². The first-order valence-corrected chi connectivity index (χ1v) is 6.72. The first-order valence-electron chi connectivity index (χ1n) is 5.50. The summed E-state index contributed by atoms with van der Waals surface area (Å²) in [5.74, 6) is -0.476. The Labute approximate surface area is 110 Å². The first-order chi connectivity index (χ1) is 8.70. The normalized spacial score (nSPS) is 10.9. The molecule has 0 spiro atoms. The van der Waals surface area contributed by atoms with Crippen LogP contribution in [0.2, 0.25) is 0 Å². The van der Waals surface area contributed by atoms with Gasteiger partial charge in [0.1, 0.15) is 0 Å². The monoisotopic (exact) mass is 256 g/mol. The van der Waals surface area contributed by atoms with Crippen LogP contribution in [0.15, 0.2) is 48.5 Å². The lowest BCUT2D eigenvalue weighted by Crippen LogP contribution is -2.04. The van der Waals surface area contributed by atoms with Crippen LogP contribution in [-0.2, 0) is 9.59 Å². The molecule has 0 radical (unpaired) electrons. The highest BCUT2D eigenvalue weighted by molar-refractivity contribution is 8.14. The van der Waals surface area contributed by atoms with Gasteiger partial charge in [0.15, 0.2) is 0 Å². The summed E-state index contributed by atoms with van der Waals surface area (Å²) in [5, 5.41) is 1.83. The molecule has 0 fully saturated rings. The van der Waals surface area contributed by atoms with Crippen LogP contribution >= 0.6 is 11.8 Å². The zero-order valence-corrected chi connectivity index (χ0v) is 10.7. The molecule has 0 saturated heterocycles. The predicted molar refractivity (Wildman–Crippen MR) is 76.5 cm³/mol. The topological polar surface area (TPSA) is 34.1 Å². The molecule has 0 bridgehead atoms. The van der Waals surface area contributed by atoms with Gasteiger partial charge >= 0.3 is 0 Å². The molecule has 0 heterocycles. The summed E-state index contributed by atoms with van der Waals surface area (Å²) in [6.45, 7) is 0. The van der Waals surface area contributed by atoms with Crippen LogP contribution in [0.25, 0.3) is 16.8 Å². The molecule has 0 atom stereocenters. The molecule has 90 valence electrons. The van der Waals surface area contributed by atoms with Crippen molar-refractivity contribution in [1.82, 2.24) is 0 Å². The molecule has 3 heteroatoms. The highest BCUT2D eigenvalue weighted by Gasteiger charge is 2.07. The molecule has 0 aliphatic rings. The molecule has 0 unspecified atom stereocenters. The minimum absolute atomic E-state index is 0.438. The van der Waals surface area contributed by atoms with E-state index in [-0.39, 0.29) is 0 Å². The van der Waals surface area contributed by atoms with E-state index in [1.54, 1.807) is 12.3 Å². The van der Waals surface area contributed by atoms with Gasteiger partial charge in [0.2, 0.25) is 5.78 Å². The number of thioether (sulfide) groups is 1. The molecule has 18 heavy (non-hydrogen) atoms. The number of carbonyl (C=O) groups is 2. The molecular weight excluding hydrogens is 244 g/mol. The Morgan fingerprint density at radius 3 is 2.50 bits per heavy atom. The van der Waals surface area contributed by atoms with E-state index in [0.29, 0.717) is 0 Å². The Morgan fingerprint density at radius 1 is 1.06 bits per heavy atom. The number of ketones is 1. The zero-order chi connectivity index (χ0) is 13.0. The summed E-state index contributed by atoms with van der Waals surface area (Å²) in [6.07, 6.45) is 4.59. The van der Waals surface area contributed by atoms with E-state index in [4.69, 9.17) is 0 Å². The SMILES string of the molecule is CSC(=O)C(=O)/C=C/c1ccc2ccccc2c1. The van der Waals surface area contributed by atoms with Gasteiger partial charge in [0.05, 0.1) is 0 Å². The number of hydrogen-bond donors (Lipinski definition) is 0. The van der Waals surface area contributed by atoms with Gasteiger partial charge in [-0.1, -0.05) is 54.2 Å². The third kappa shape index (κ3) is 2.87. The average molecular weight is 256 g/mol. The second kappa shape index (κ2) is 5.65. The van der Waals surface area contributed by atoms with Crippen LogP contribution in [0.3, 0.4) is 0 Å². The van der Waals surface area contributed by atoms with Gasteiger partial charge in [-0.25, -0.2) is 0 Å². The maximum atomic E-state index is 11.4. The molecule has 0 N–H and O–H groups in total. The maximum absolute atomic E-state index is 11.4. The van der Waals surface area contributed by atoms with Crippen molar-refractivity contribution < 1.29 is 9.59 Å². The largest absolute Gasteiger partial charge is 0.285 e. The van der Waals surface area contributed by atoms with Crippen molar-refractivity contribution >= 4 is 39.5 Å². The number of rotatable bonds is 3. The van der Waals surface area contributed by atoms with Gasteiger partial charge < -0.3 is 0 Å². The average Bonchev–Trinajstić information content (AvgIpc) is 2.43. The van der Waals surface area contributed by atoms with Crippen molar-refractivity contribution in [2.45, 2.75) is 0 Å². The summed E-state index contributed by atoms with van der Waals surface area (Å²) in [6, 6.07) is 13.9. The summed E-state index contributed by atoms with van der Waals surface area (Å²) in [5.41, 5.74) is 0.913. The summed E-state index contributed by atoms with van der Waals surface area (Å²) < 4.78 is 0. The van der Waals surface area contributed by atoms with E-state index in [1.807, 2.05) is 42.5 Å². The number of carbonyl (C=O) groups excluding carboxylic acids is 2. The van der Waals surface area contributed by atoms with Crippen molar-refractivity contribution in [2.75, 3.05) is 6.26 Å². The quantitative estimate of drug-likeness (QED) is 0.624. The van der Waals surface area contributed by atoms with Crippen molar-refractivity contribution in [3.63, 3.8) is 0 Å². The minimum Gasteiger partial charge on any atom is -0.285 e. The number of benzene rings is 2. The van der Waals surface area contributed by atoms with E-state index >= 15 is 0 Å². The smallest absolute Gasteiger partial charge is 0.259 e. The van der Waals surface area contributed by atoms with Crippen molar-refractivity contribution in [3.8, 4) is 0 Å². The van der Waals surface area contributed by atoms with E-state index in [0.717, 1.165) is 28.1 Å². The fraction of sp³-hybridized carbons (Fsp3) is 0.0667. The lowest BCUT2D eigenvalue weighted by atomic mass is 10.1. The fourth-order valence-corrected chi connectivity index (χ4v) is 1.92. The van der Waals surface area contributed by atoms with Gasteiger partial charge in [0, 0.05) is 0 Å². The molecule has 0 aromatic heterocycles. The molecule has 2 aromatic rings. The van der Waals surface area contributed by atoms with Crippen LogP contribution in [0.5, 0.6) is 0 Å². The second-order valence-corrected chi connectivity index (χ2v) is 4.57. The first kappa shape index (κ1) is 12.6. The second-order valence-electron chi connectivity index (χ2n) is 3.80. The maximum Gasteiger partial charge on any atom is 0.259 e. The van der Waals surface area contributed by atoms with E-state index in [2.05, 4.69) is 0 Å². The summed E-state index contributed by atoms with van der Waals surface area (Å²) in [4.78, 5) is 22.5. The van der Waals surface area contributed by atoms with Crippen LogP contribution < -0.4 is 0 Å². The molecule has 0 aliphatic heterocycles. The van der Waals surface area contributed by atoms with Crippen LogP contribution in [0.4, 0.5) is 0 Å². The molecule has 0 aliphatic carbocycles. The van der Waals surface area contributed by atoms with E-state index in [9.17, 15) is 9.59 Å². The van der Waals surface area contributed by atoms with E-state index < -0.39 is 10.9 Å². The van der Waals surface area contributed by atoms with Crippen LogP contribution in [-0.4, -0.2) is 17.2 Å². The zero-order valence-electron chi connectivity index (χ0n) is 9.92. The van der Waals surface area contributed by atoms with Gasteiger partial charge in [-0.05, 0) is 34.7 Å². The van der Waals surface area contributed by atoms with Gasteiger partial charge in [-0.2, -0.15) is 0 Å². The Morgan fingerprint density at radius 2 is 1.78 bits per heavy atom. The van der Waals surface area contributed by atoms with Gasteiger partial charge in [-0.15, -0.1) is 0 Å². The summed E-state index contributed by atoms with van der Waals surface area (Å²) in [7, 11) is 0. The standard InChI is InChI=1S/C15H12O2S/c1-18-15(17)14(16)9-7-11-6-8-12-4-2-3-5-13(12)10-11/h2-10H,1H3/b9-7+. The molecule has 2 rings (SSSR count). The molecule has 0 saturated carbocycles. The predicted octanol–water partition coefficient (Wildman–Crippen LogP) is 3.31. The molecular formula is C15H12O2S. The lowest BCUT2D eigenvalue weighted by molar-refractivity contribution is -0.128. The van der Waals surface area contributed by atoms with Crippen molar-refractivity contribution in [1.29, 1.82) is 0 Å². The highest BCUT2D eigenvalue weighted by atomic mass is 32.2. The Hall–Kier alpha value is -1.87. The summed E-state index contributed by atoms with van der Waals surface area (Å²) >= 11 is 0.931. The fourth-order valence-electron chi connectivity index (χ4n) is 1.65. The highest BCUT2D eigenvalue weighted by Crippen LogP contribution is 2.16. The van der Waals surface area contributed by atoms with Crippen LogP contribution in [0, 0.1) is 0 Å². The number of hydrogen-bond acceptors (Lipinski definition) is 3. The Bertz CT molecular complexity index is 629.